The second-order valence-electron chi connectivity index (χ2n) is 8.50. The summed E-state index contributed by atoms with van der Waals surface area (Å²) in [4.78, 5) is 36.7. The van der Waals surface area contributed by atoms with Crippen LogP contribution in [0.4, 0.5) is 0 Å². The van der Waals surface area contributed by atoms with Gasteiger partial charge in [0.25, 0.3) is 0 Å². The molecule has 31 heavy (non-hydrogen) atoms. The molecule has 0 spiro atoms. The quantitative estimate of drug-likeness (QED) is 0.370. The highest BCUT2D eigenvalue weighted by Crippen LogP contribution is 2.49. The molecule has 3 rings (SSSR count). The number of fused-ring (bicyclic) bond motifs is 3. The molecular weight excluding hydrogens is 404 g/mol. The van der Waals surface area contributed by atoms with Crippen molar-refractivity contribution in [1.82, 2.24) is 0 Å². The molecule has 0 radical (unpaired) electrons. The molecule has 0 aromatic carbocycles. The maximum atomic E-state index is 12.7. The minimum atomic E-state index is -0.856. The van der Waals surface area contributed by atoms with E-state index in [9.17, 15) is 14.4 Å². The van der Waals surface area contributed by atoms with Crippen LogP contribution in [0.3, 0.4) is 0 Å². The molecule has 0 aromatic rings. The van der Waals surface area contributed by atoms with Crippen molar-refractivity contribution in [3.8, 4) is 0 Å². The zero-order valence-electron chi connectivity index (χ0n) is 18.9. The highest BCUT2D eigenvalue weighted by atomic mass is 16.7. The Morgan fingerprint density at radius 2 is 2.00 bits per heavy atom. The number of carbonyl (C=O) groups excluding carboxylic acids is 3. The summed E-state index contributed by atoms with van der Waals surface area (Å²) in [6, 6.07) is 0. The topological polar surface area (TPSA) is 97.4 Å². The number of methoxy groups -OCH3 is 1. The Morgan fingerprint density at radius 3 is 2.61 bits per heavy atom. The average Bonchev–Trinajstić information content (AvgIpc) is 3.22. The summed E-state index contributed by atoms with van der Waals surface area (Å²) >= 11 is 0. The molecule has 170 valence electrons. The summed E-state index contributed by atoms with van der Waals surface area (Å²) in [5.41, 5.74) is 0.285. The van der Waals surface area contributed by atoms with Gasteiger partial charge in [0.15, 0.2) is 5.79 Å². The Balaban J connectivity index is 2.13. The Hall–Kier alpha value is -2.45. The van der Waals surface area contributed by atoms with Gasteiger partial charge in [-0.25, -0.2) is 9.59 Å². The predicted octanol–water partition coefficient (Wildman–Crippen LogP) is 3.12. The molecular formula is C23H30O8. The molecule has 3 heterocycles. The van der Waals surface area contributed by atoms with Gasteiger partial charge in [-0.3, -0.25) is 4.79 Å². The zero-order valence-corrected chi connectivity index (χ0v) is 18.9. The van der Waals surface area contributed by atoms with E-state index in [1.165, 1.54) is 6.92 Å². The van der Waals surface area contributed by atoms with Crippen LogP contribution in [-0.4, -0.2) is 49.1 Å². The number of rotatable bonds is 5. The van der Waals surface area contributed by atoms with Crippen LogP contribution in [0.1, 0.15) is 53.9 Å². The van der Waals surface area contributed by atoms with Crippen LogP contribution in [0.15, 0.2) is 34.6 Å². The van der Waals surface area contributed by atoms with E-state index in [2.05, 4.69) is 0 Å². The molecule has 0 saturated carbocycles. The Morgan fingerprint density at radius 1 is 1.29 bits per heavy atom. The van der Waals surface area contributed by atoms with E-state index in [1.54, 1.807) is 33.1 Å². The van der Waals surface area contributed by atoms with Gasteiger partial charge in [-0.1, -0.05) is 13.0 Å². The lowest BCUT2D eigenvalue weighted by atomic mass is 9.85. The molecule has 0 amide bonds. The van der Waals surface area contributed by atoms with Crippen molar-refractivity contribution < 1.29 is 38.1 Å². The maximum absolute atomic E-state index is 12.7. The van der Waals surface area contributed by atoms with E-state index in [4.69, 9.17) is 23.7 Å². The highest BCUT2D eigenvalue weighted by Gasteiger charge is 2.53. The minimum Gasteiger partial charge on any atom is -0.461 e. The monoisotopic (exact) mass is 434 g/mol. The Kier molecular flexibility index (Phi) is 6.43. The van der Waals surface area contributed by atoms with Gasteiger partial charge in [0.1, 0.15) is 18.5 Å². The third kappa shape index (κ3) is 4.45. The number of hydrogen-bond donors (Lipinski definition) is 0. The summed E-state index contributed by atoms with van der Waals surface area (Å²) in [6.45, 7) is 8.27. The molecule has 0 aliphatic carbocycles. The van der Waals surface area contributed by atoms with Gasteiger partial charge in [0.05, 0.1) is 11.2 Å². The number of ether oxygens (including phenoxy) is 5. The number of esters is 3. The lowest BCUT2D eigenvalue weighted by molar-refractivity contribution is -0.255. The van der Waals surface area contributed by atoms with E-state index < -0.39 is 35.4 Å². The van der Waals surface area contributed by atoms with Gasteiger partial charge in [0, 0.05) is 37.5 Å². The number of hydrogen-bond acceptors (Lipinski definition) is 8. The second-order valence-corrected chi connectivity index (χ2v) is 8.50. The minimum absolute atomic E-state index is 0.164. The van der Waals surface area contributed by atoms with E-state index >= 15 is 0 Å². The van der Waals surface area contributed by atoms with Crippen molar-refractivity contribution in [2.45, 2.75) is 71.4 Å². The Bertz CT molecular complexity index is 882. The second kappa shape index (κ2) is 8.59. The molecule has 1 fully saturated rings. The van der Waals surface area contributed by atoms with Crippen molar-refractivity contribution in [3.63, 3.8) is 0 Å². The lowest BCUT2D eigenvalue weighted by Crippen LogP contribution is -2.42. The molecule has 0 N–H and O–H groups in total. The average molecular weight is 434 g/mol. The molecule has 3 aliphatic heterocycles. The lowest BCUT2D eigenvalue weighted by Gasteiger charge is -2.36. The molecule has 8 nitrogen and oxygen atoms in total. The van der Waals surface area contributed by atoms with Gasteiger partial charge >= 0.3 is 17.9 Å². The van der Waals surface area contributed by atoms with Crippen molar-refractivity contribution in [1.29, 1.82) is 0 Å². The summed E-state index contributed by atoms with van der Waals surface area (Å²) in [5, 5.41) is 0. The van der Waals surface area contributed by atoms with E-state index in [-0.39, 0.29) is 23.9 Å². The first kappa shape index (κ1) is 23.2. The predicted molar refractivity (Wildman–Crippen MR) is 109 cm³/mol. The highest BCUT2D eigenvalue weighted by molar-refractivity contribution is 5.96. The largest absolute Gasteiger partial charge is 0.461 e. The normalized spacial score (nSPS) is 33.0. The third-order valence-electron chi connectivity index (χ3n) is 6.26. The van der Waals surface area contributed by atoms with E-state index in [0.29, 0.717) is 30.4 Å². The third-order valence-corrected chi connectivity index (χ3v) is 6.26. The number of allylic oxidation sites excluding steroid dienone is 1. The van der Waals surface area contributed by atoms with Crippen LogP contribution in [0.25, 0.3) is 0 Å². The van der Waals surface area contributed by atoms with Crippen LogP contribution in [-0.2, 0) is 38.1 Å². The first-order valence-electron chi connectivity index (χ1n) is 10.4. The first-order chi connectivity index (χ1) is 14.5. The maximum Gasteiger partial charge on any atom is 0.343 e. The molecule has 8 heteroatoms. The zero-order chi connectivity index (χ0) is 23.0. The SMILES string of the molecule is C/C=C(\C)C(=O)O[C@H]1C[C@@H](C)[C@]2(OC)CC[C@](C)(C=C3OC(=O)C(COC(C)=O)=C31)O2. The summed E-state index contributed by atoms with van der Waals surface area (Å²) < 4.78 is 28.7. The standard InChI is InChI=1S/C23H30O8/c1-7-13(2)20(25)29-17-10-14(3)23(27-6)9-8-22(5,31-23)11-18-19(17)16(21(26)30-18)12-28-15(4)24/h7,11,14,17H,8-10,12H2,1-6H3/b13-7+,18-11?/t14-,17+,22-,23+/m1/s1. The van der Waals surface area contributed by atoms with Gasteiger partial charge in [-0.05, 0) is 39.7 Å². The summed E-state index contributed by atoms with van der Waals surface area (Å²) in [5.74, 6) is -2.41. The molecule has 0 aromatic heterocycles. The molecule has 0 unspecified atom stereocenters. The van der Waals surface area contributed by atoms with Gasteiger partial charge in [-0.2, -0.15) is 0 Å². The first-order valence-corrected chi connectivity index (χ1v) is 10.4. The van der Waals surface area contributed by atoms with Gasteiger partial charge in [-0.15, -0.1) is 0 Å². The van der Waals surface area contributed by atoms with Crippen molar-refractivity contribution in [2.24, 2.45) is 5.92 Å². The van der Waals surface area contributed by atoms with Crippen LogP contribution < -0.4 is 0 Å². The summed E-state index contributed by atoms with van der Waals surface area (Å²) in [7, 11) is 1.60. The fraction of sp³-hybridized carbons (Fsp3) is 0.609. The van der Waals surface area contributed by atoms with Crippen molar-refractivity contribution >= 4 is 17.9 Å². The van der Waals surface area contributed by atoms with Crippen LogP contribution in [0.5, 0.6) is 0 Å². The van der Waals surface area contributed by atoms with Gasteiger partial charge < -0.3 is 23.7 Å². The number of carbonyl (C=O) groups is 3. The van der Waals surface area contributed by atoms with Crippen LogP contribution in [0, 0.1) is 5.92 Å². The smallest absolute Gasteiger partial charge is 0.343 e. The fourth-order valence-electron chi connectivity index (χ4n) is 4.30. The molecule has 1 saturated heterocycles. The van der Waals surface area contributed by atoms with Crippen molar-refractivity contribution in [3.05, 3.63) is 34.6 Å². The van der Waals surface area contributed by atoms with E-state index in [0.717, 1.165) is 0 Å². The van der Waals surface area contributed by atoms with Crippen molar-refractivity contribution in [2.75, 3.05) is 13.7 Å². The summed E-state index contributed by atoms with van der Waals surface area (Å²) in [6.07, 6.45) is 4.24. The molecule has 2 bridgehead atoms. The Labute approximate surface area is 182 Å². The van der Waals surface area contributed by atoms with E-state index in [1.807, 2.05) is 13.8 Å². The van der Waals surface area contributed by atoms with Crippen LogP contribution in [0.2, 0.25) is 0 Å². The van der Waals surface area contributed by atoms with Crippen LogP contribution >= 0.6 is 0 Å². The molecule has 3 aliphatic rings. The van der Waals surface area contributed by atoms with Gasteiger partial charge in [0.2, 0.25) is 0 Å². The molecule has 4 atom stereocenters. The fourth-order valence-corrected chi connectivity index (χ4v) is 4.30.